The second kappa shape index (κ2) is 8.32. The van der Waals surface area contributed by atoms with Gasteiger partial charge in [0.25, 0.3) is 5.89 Å². The zero-order chi connectivity index (χ0) is 19.2. The third-order valence-electron chi connectivity index (χ3n) is 4.20. The van der Waals surface area contributed by atoms with Crippen molar-refractivity contribution in [3.05, 3.63) is 78.4 Å². The third kappa shape index (κ3) is 3.90. The third-order valence-corrected chi connectivity index (χ3v) is 4.20. The normalized spacial score (nSPS) is 10.2. The van der Waals surface area contributed by atoms with Crippen molar-refractivity contribution in [1.29, 1.82) is 0 Å². The Hall–Kier alpha value is -3.40. The first kappa shape index (κ1) is 18.4. The van der Waals surface area contributed by atoms with E-state index in [0.29, 0.717) is 11.7 Å². The zero-order valence-electron chi connectivity index (χ0n) is 15.8. The van der Waals surface area contributed by atoms with E-state index in [0.717, 1.165) is 33.5 Å². The van der Waals surface area contributed by atoms with Gasteiger partial charge in [-0.25, -0.2) is 0 Å². The molecule has 3 aromatic carbocycles. The maximum Gasteiger partial charge on any atom is 0.258 e. The SMILES string of the molecule is CC.Cc1cc(-c2noc(-c3ccccc3-c3ccccc3)n2)ccc1N. The summed E-state index contributed by atoms with van der Waals surface area (Å²) in [6.07, 6.45) is 0. The molecule has 0 spiro atoms. The summed E-state index contributed by atoms with van der Waals surface area (Å²) in [5.74, 6) is 1.06. The van der Waals surface area contributed by atoms with Gasteiger partial charge in [-0.15, -0.1) is 0 Å². The summed E-state index contributed by atoms with van der Waals surface area (Å²) >= 11 is 0. The van der Waals surface area contributed by atoms with Gasteiger partial charge in [-0.3, -0.25) is 0 Å². The van der Waals surface area contributed by atoms with Gasteiger partial charge >= 0.3 is 0 Å². The molecule has 4 heteroatoms. The number of nitrogen functional groups attached to an aromatic ring is 1. The van der Waals surface area contributed by atoms with Gasteiger partial charge < -0.3 is 10.3 Å². The fourth-order valence-electron chi connectivity index (χ4n) is 2.80. The lowest BCUT2D eigenvalue weighted by atomic mass is 10.00. The van der Waals surface area contributed by atoms with Gasteiger partial charge in [0.15, 0.2) is 0 Å². The molecule has 0 radical (unpaired) electrons. The van der Waals surface area contributed by atoms with E-state index in [-0.39, 0.29) is 0 Å². The topological polar surface area (TPSA) is 64.9 Å². The van der Waals surface area contributed by atoms with Crippen LogP contribution in [0.15, 0.2) is 77.3 Å². The molecule has 0 saturated heterocycles. The van der Waals surface area contributed by atoms with Gasteiger partial charge in [-0.1, -0.05) is 67.5 Å². The number of aromatic nitrogens is 2. The molecule has 0 aliphatic rings. The van der Waals surface area contributed by atoms with Crippen LogP contribution < -0.4 is 5.73 Å². The molecule has 0 amide bonds. The number of hydrogen-bond acceptors (Lipinski definition) is 4. The molecular weight excluding hydrogens is 334 g/mol. The van der Waals surface area contributed by atoms with Crippen molar-refractivity contribution in [2.24, 2.45) is 0 Å². The standard InChI is InChI=1S/C21H17N3O.C2H6/c1-14-13-16(11-12-19(14)22)20-23-21(25-24-20)18-10-6-5-9-17(18)15-7-3-2-4-8-15;1-2/h2-13H,22H2,1H3;1-2H3. The van der Waals surface area contributed by atoms with Crippen molar-refractivity contribution < 1.29 is 4.52 Å². The molecule has 1 aromatic heterocycles. The number of nitrogens with zero attached hydrogens (tertiary/aromatic N) is 2. The number of aryl methyl sites for hydroxylation is 1. The maximum atomic E-state index is 5.88. The molecule has 0 fully saturated rings. The molecule has 0 unspecified atom stereocenters. The predicted octanol–water partition coefficient (Wildman–Crippen LogP) is 5.99. The van der Waals surface area contributed by atoms with Gasteiger partial charge in [-0.05, 0) is 47.9 Å². The second-order valence-electron chi connectivity index (χ2n) is 5.91. The summed E-state index contributed by atoms with van der Waals surface area (Å²) in [5.41, 5.74) is 11.6. The molecule has 0 bridgehead atoms. The van der Waals surface area contributed by atoms with Crippen LogP contribution >= 0.6 is 0 Å². The predicted molar refractivity (Wildman–Crippen MR) is 111 cm³/mol. The van der Waals surface area contributed by atoms with E-state index in [2.05, 4.69) is 28.3 Å². The van der Waals surface area contributed by atoms with E-state index in [1.165, 1.54) is 0 Å². The highest BCUT2D eigenvalue weighted by Crippen LogP contribution is 2.32. The Morgan fingerprint density at radius 3 is 2.15 bits per heavy atom. The maximum absolute atomic E-state index is 5.88. The lowest BCUT2D eigenvalue weighted by Crippen LogP contribution is -1.90. The molecule has 0 saturated carbocycles. The summed E-state index contributed by atoms with van der Waals surface area (Å²) in [5, 5.41) is 4.14. The van der Waals surface area contributed by atoms with Crippen LogP contribution in [-0.2, 0) is 0 Å². The van der Waals surface area contributed by atoms with Crippen molar-refractivity contribution in [2.45, 2.75) is 20.8 Å². The van der Waals surface area contributed by atoms with Crippen LogP contribution in [0.2, 0.25) is 0 Å². The number of nitrogens with two attached hydrogens (primary N) is 1. The fraction of sp³-hybridized carbons (Fsp3) is 0.130. The lowest BCUT2D eigenvalue weighted by molar-refractivity contribution is 0.432. The first-order chi connectivity index (χ1) is 13.2. The van der Waals surface area contributed by atoms with Gasteiger partial charge in [0.2, 0.25) is 5.82 Å². The van der Waals surface area contributed by atoms with E-state index in [4.69, 9.17) is 10.3 Å². The van der Waals surface area contributed by atoms with Crippen LogP contribution in [0, 0.1) is 6.92 Å². The minimum absolute atomic E-state index is 0.504. The van der Waals surface area contributed by atoms with E-state index in [1.807, 2.05) is 75.4 Å². The number of benzene rings is 3. The van der Waals surface area contributed by atoms with Gasteiger partial charge in [0.1, 0.15) is 0 Å². The van der Waals surface area contributed by atoms with E-state index in [1.54, 1.807) is 0 Å². The molecule has 0 atom stereocenters. The van der Waals surface area contributed by atoms with E-state index < -0.39 is 0 Å². The molecule has 4 aromatic rings. The summed E-state index contributed by atoms with van der Waals surface area (Å²) in [6.45, 7) is 5.96. The largest absolute Gasteiger partial charge is 0.399 e. The number of anilines is 1. The smallest absolute Gasteiger partial charge is 0.258 e. The van der Waals surface area contributed by atoms with Crippen LogP contribution in [0.4, 0.5) is 5.69 Å². The Kier molecular flexibility index (Phi) is 5.67. The molecule has 4 nitrogen and oxygen atoms in total. The highest BCUT2D eigenvalue weighted by molar-refractivity contribution is 5.80. The quantitative estimate of drug-likeness (QED) is 0.458. The zero-order valence-corrected chi connectivity index (χ0v) is 15.8. The Labute approximate surface area is 159 Å². The molecule has 2 N–H and O–H groups in total. The Morgan fingerprint density at radius 2 is 1.44 bits per heavy atom. The van der Waals surface area contributed by atoms with Crippen LogP contribution in [0.25, 0.3) is 34.0 Å². The van der Waals surface area contributed by atoms with Gasteiger partial charge in [0, 0.05) is 16.8 Å². The van der Waals surface area contributed by atoms with Crippen LogP contribution in [0.3, 0.4) is 0 Å². The monoisotopic (exact) mass is 357 g/mol. The Bertz CT molecular complexity index is 1020. The molecule has 136 valence electrons. The molecule has 1 heterocycles. The van der Waals surface area contributed by atoms with E-state index in [9.17, 15) is 0 Å². The highest BCUT2D eigenvalue weighted by atomic mass is 16.5. The average molecular weight is 357 g/mol. The molecule has 4 rings (SSSR count). The van der Waals surface area contributed by atoms with Crippen molar-refractivity contribution in [3.63, 3.8) is 0 Å². The Morgan fingerprint density at radius 1 is 0.778 bits per heavy atom. The van der Waals surface area contributed by atoms with Crippen molar-refractivity contribution >= 4 is 5.69 Å². The summed E-state index contributed by atoms with van der Waals surface area (Å²) in [7, 11) is 0. The number of hydrogen-bond donors (Lipinski definition) is 1. The summed E-state index contributed by atoms with van der Waals surface area (Å²) < 4.78 is 5.55. The minimum atomic E-state index is 0.504. The average Bonchev–Trinajstić information content (AvgIpc) is 3.22. The lowest BCUT2D eigenvalue weighted by Gasteiger charge is -2.05. The van der Waals surface area contributed by atoms with Crippen LogP contribution in [0.5, 0.6) is 0 Å². The van der Waals surface area contributed by atoms with Crippen molar-refractivity contribution in [1.82, 2.24) is 10.1 Å². The van der Waals surface area contributed by atoms with Gasteiger partial charge in [0.05, 0.1) is 0 Å². The van der Waals surface area contributed by atoms with Crippen LogP contribution in [0.1, 0.15) is 19.4 Å². The van der Waals surface area contributed by atoms with Crippen molar-refractivity contribution in [3.8, 4) is 34.0 Å². The first-order valence-corrected chi connectivity index (χ1v) is 9.07. The van der Waals surface area contributed by atoms with Crippen LogP contribution in [-0.4, -0.2) is 10.1 Å². The molecular formula is C23H23N3O. The van der Waals surface area contributed by atoms with E-state index >= 15 is 0 Å². The summed E-state index contributed by atoms with van der Waals surface area (Å²) in [4.78, 5) is 4.59. The van der Waals surface area contributed by atoms with Crippen molar-refractivity contribution in [2.75, 3.05) is 5.73 Å². The molecule has 0 aliphatic carbocycles. The minimum Gasteiger partial charge on any atom is -0.399 e. The number of rotatable bonds is 3. The summed E-state index contributed by atoms with van der Waals surface area (Å²) in [6, 6.07) is 23.9. The fourth-order valence-corrected chi connectivity index (χ4v) is 2.80. The van der Waals surface area contributed by atoms with Gasteiger partial charge in [-0.2, -0.15) is 4.98 Å². The Balaban J connectivity index is 0.00000102. The molecule has 27 heavy (non-hydrogen) atoms. The highest BCUT2D eigenvalue weighted by Gasteiger charge is 2.15. The second-order valence-corrected chi connectivity index (χ2v) is 5.91. The first-order valence-electron chi connectivity index (χ1n) is 9.07. The molecule has 0 aliphatic heterocycles.